The van der Waals surface area contributed by atoms with Crippen molar-refractivity contribution in [3.63, 3.8) is 0 Å². The van der Waals surface area contributed by atoms with Crippen molar-refractivity contribution >= 4 is 29.0 Å². The summed E-state index contributed by atoms with van der Waals surface area (Å²) in [6.07, 6.45) is 0.436. The first-order chi connectivity index (χ1) is 8.49. The van der Waals surface area contributed by atoms with Crippen LogP contribution in [0, 0.1) is 12.8 Å². The molecule has 4 N–H and O–H groups in total. The first-order valence-electron chi connectivity index (χ1n) is 5.54. The van der Waals surface area contributed by atoms with Crippen LogP contribution in [0.1, 0.15) is 18.9 Å². The summed E-state index contributed by atoms with van der Waals surface area (Å²) >= 11 is 6.01. The lowest BCUT2D eigenvalue weighted by molar-refractivity contribution is -0.118. The van der Waals surface area contributed by atoms with Gasteiger partial charge in [0.15, 0.2) is 5.84 Å². The lowest BCUT2D eigenvalue weighted by Gasteiger charge is -2.14. The normalized spacial score (nSPS) is 13.2. The zero-order valence-electron chi connectivity index (χ0n) is 10.3. The fourth-order valence-corrected chi connectivity index (χ4v) is 1.82. The number of oxime groups is 1. The maximum atomic E-state index is 11.9. The van der Waals surface area contributed by atoms with Gasteiger partial charge in [0.05, 0.1) is 16.6 Å². The van der Waals surface area contributed by atoms with Gasteiger partial charge in [0.2, 0.25) is 5.91 Å². The van der Waals surface area contributed by atoms with E-state index >= 15 is 0 Å². The zero-order valence-corrected chi connectivity index (χ0v) is 11.0. The Hall–Kier alpha value is -1.75. The number of nitrogens with zero attached hydrogens (tertiary/aromatic N) is 1. The number of halogens is 1. The molecule has 6 heteroatoms. The molecule has 0 aliphatic carbocycles. The predicted octanol–water partition coefficient (Wildman–Crippen LogP) is 2.36. The fraction of sp³-hybridized carbons (Fsp3) is 0.333. The molecular weight excluding hydrogens is 254 g/mol. The van der Waals surface area contributed by atoms with E-state index in [1.165, 1.54) is 0 Å². The average molecular weight is 270 g/mol. The Morgan fingerprint density at radius 1 is 1.61 bits per heavy atom. The Balaban J connectivity index is 2.86. The van der Waals surface area contributed by atoms with Crippen molar-refractivity contribution in [2.24, 2.45) is 16.8 Å². The lowest BCUT2D eigenvalue weighted by Crippen LogP contribution is -2.34. The SMILES string of the molecule is CCC(C(=O)Nc1ccc(C)cc1Cl)C(N)=NO. The number of carbonyl (C=O) groups excluding carboxylic acids is 1. The molecule has 0 heterocycles. The van der Waals surface area contributed by atoms with Gasteiger partial charge < -0.3 is 16.3 Å². The maximum absolute atomic E-state index is 11.9. The molecule has 0 bridgehead atoms. The summed E-state index contributed by atoms with van der Waals surface area (Å²) in [6.45, 7) is 3.68. The molecule has 18 heavy (non-hydrogen) atoms. The Labute approximate surface area is 111 Å². The summed E-state index contributed by atoms with van der Waals surface area (Å²) < 4.78 is 0. The van der Waals surface area contributed by atoms with E-state index in [9.17, 15) is 4.79 Å². The van der Waals surface area contributed by atoms with Gasteiger partial charge in [-0.25, -0.2) is 0 Å². The molecule has 0 aromatic heterocycles. The number of benzene rings is 1. The van der Waals surface area contributed by atoms with E-state index in [0.717, 1.165) is 5.56 Å². The smallest absolute Gasteiger partial charge is 0.235 e. The van der Waals surface area contributed by atoms with Gasteiger partial charge in [0, 0.05) is 0 Å². The minimum absolute atomic E-state index is 0.113. The Morgan fingerprint density at radius 2 is 2.28 bits per heavy atom. The Bertz CT molecular complexity index is 474. The van der Waals surface area contributed by atoms with Crippen LogP contribution in [0.15, 0.2) is 23.4 Å². The molecule has 1 amide bonds. The molecule has 98 valence electrons. The molecule has 1 unspecified atom stereocenters. The van der Waals surface area contributed by atoms with Crippen molar-refractivity contribution in [1.29, 1.82) is 0 Å². The molecular formula is C12H16ClN3O2. The molecule has 0 saturated carbocycles. The van der Waals surface area contributed by atoms with Gasteiger partial charge in [-0.05, 0) is 31.0 Å². The second-order valence-corrected chi connectivity index (χ2v) is 4.37. The van der Waals surface area contributed by atoms with Crippen molar-refractivity contribution < 1.29 is 10.0 Å². The predicted molar refractivity (Wildman–Crippen MR) is 72.0 cm³/mol. The molecule has 0 spiro atoms. The van der Waals surface area contributed by atoms with Crippen LogP contribution in [0.2, 0.25) is 5.02 Å². The van der Waals surface area contributed by atoms with Crippen LogP contribution in [0.3, 0.4) is 0 Å². The number of amides is 1. The zero-order chi connectivity index (χ0) is 13.7. The van der Waals surface area contributed by atoms with Crippen LogP contribution in [0.25, 0.3) is 0 Å². The average Bonchev–Trinajstić information content (AvgIpc) is 2.33. The van der Waals surface area contributed by atoms with Crippen molar-refractivity contribution in [1.82, 2.24) is 0 Å². The highest BCUT2D eigenvalue weighted by Gasteiger charge is 2.21. The summed E-state index contributed by atoms with van der Waals surface area (Å²) in [5.41, 5.74) is 6.96. The highest BCUT2D eigenvalue weighted by Crippen LogP contribution is 2.23. The molecule has 1 rings (SSSR count). The third-order valence-electron chi connectivity index (χ3n) is 2.58. The summed E-state index contributed by atoms with van der Waals surface area (Å²) in [4.78, 5) is 11.9. The lowest BCUT2D eigenvalue weighted by atomic mass is 10.0. The van der Waals surface area contributed by atoms with Crippen molar-refractivity contribution in [2.75, 3.05) is 5.32 Å². The third-order valence-corrected chi connectivity index (χ3v) is 2.89. The molecule has 1 aromatic rings. The number of amidine groups is 1. The monoisotopic (exact) mass is 269 g/mol. The number of anilines is 1. The second kappa shape index (κ2) is 6.26. The van der Waals surface area contributed by atoms with Crippen LogP contribution >= 0.6 is 11.6 Å². The molecule has 0 saturated heterocycles. The van der Waals surface area contributed by atoms with Gasteiger partial charge in [0.25, 0.3) is 0 Å². The Morgan fingerprint density at radius 3 is 2.78 bits per heavy atom. The van der Waals surface area contributed by atoms with Gasteiger partial charge in [-0.3, -0.25) is 4.79 Å². The first-order valence-corrected chi connectivity index (χ1v) is 5.91. The largest absolute Gasteiger partial charge is 0.409 e. The van der Waals surface area contributed by atoms with Crippen LogP contribution in [0.5, 0.6) is 0 Å². The van der Waals surface area contributed by atoms with Crippen molar-refractivity contribution in [3.05, 3.63) is 28.8 Å². The molecule has 1 atom stereocenters. The number of aryl methyl sites for hydroxylation is 1. The van der Waals surface area contributed by atoms with Crippen LogP contribution in [-0.2, 0) is 4.79 Å². The van der Waals surface area contributed by atoms with E-state index in [2.05, 4.69) is 10.5 Å². The van der Waals surface area contributed by atoms with E-state index in [1.54, 1.807) is 19.1 Å². The highest BCUT2D eigenvalue weighted by atomic mass is 35.5. The van der Waals surface area contributed by atoms with Gasteiger partial charge in [-0.15, -0.1) is 0 Å². The molecule has 0 aliphatic rings. The van der Waals surface area contributed by atoms with Gasteiger partial charge >= 0.3 is 0 Å². The van der Waals surface area contributed by atoms with E-state index in [1.807, 2.05) is 13.0 Å². The van der Waals surface area contributed by atoms with E-state index in [-0.39, 0.29) is 11.7 Å². The summed E-state index contributed by atoms with van der Waals surface area (Å²) in [5, 5.41) is 14.6. The van der Waals surface area contributed by atoms with E-state index < -0.39 is 5.92 Å². The maximum Gasteiger partial charge on any atom is 0.235 e. The van der Waals surface area contributed by atoms with Gasteiger partial charge in [-0.2, -0.15) is 0 Å². The number of carbonyl (C=O) groups is 1. The van der Waals surface area contributed by atoms with Crippen LogP contribution in [0.4, 0.5) is 5.69 Å². The van der Waals surface area contributed by atoms with E-state index in [4.69, 9.17) is 22.5 Å². The second-order valence-electron chi connectivity index (χ2n) is 3.96. The van der Waals surface area contributed by atoms with Crippen molar-refractivity contribution in [2.45, 2.75) is 20.3 Å². The summed E-state index contributed by atoms with van der Waals surface area (Å²) in [5.74, 6) is -1.14. The summed E-state index contributed by atoms with van der Waals surface area (Å²) in [7, 11) is 0. The fourth-order valence-electron chi connectivity index (χ4n) is 1.54. The Kier molecular flexibility index (Phi) is 4.97. The number of rotatable bonds is 4. The highest BCUT2D eigenvalue weighted by molar-refractivity contribution is 6.33. The van der Waals surface area contributed by atoms with Crippen molar-refractivity contribution in [3.8, 4) is 0 Å². The van der Waals surface area contributed by atoms with E-state index in [0.29, 0.717) is 17.1 Å². The quantitative estimate of drug-likeness (QED) is 0.339. The number of hydrogen-bond acceptors (Lipinski definition) is 3. The molecule has 0 radical (unpaired) electrons. The first kappa shape index (κ1) is 14.3. The standard InChI is InChI=1S/C12H16ClN3O2/c1-3-8(11(14)16-18)12(17)15-10-5-4-7(2)6-9(10)13/h4-6,8,18H,3H2,1-2H3,(H2,14,16)(H,15,17). The number of hydrogen-bond donors (Lipinski definition) is 3. The molecule has 0 fully saturated rings. The van der Waals surface area contributed by atoms with Gasteiger partial charge in [-0.1, -0.05) is 29.7 Å². The van der Waals surface area contributed by atoms with Crippen LogP contribution in [-0.4, -0.2) is 17.0 Å². The topological polar surface area (TPSA) is 87.7 Å². The molecule has 1 aromatic carbocycles. The number of nitrogens with one attached hydrogen (secondary N) is 1. The number of nitrogens with two attached hydrogens (primary N) is 1. The van der Waals surface area contributed by atoms with Crippen LogP contribution < -0.4 is 11.1 Å². The minimum Gasteiger partial charge on any atom is -0.409 e. The molecule has 0 aliphatic heterocycles. The molecule has 5 nitrogen and oxygen atoms in total. The third kappa shape index (κ3) is 3.37. The minimum atomic E-state index is -0.674. The van der Waals surface area contributed by atoms with Gasteiger partial charge in [0.1, 0.15) is 0 Å². The summed E-state index contributed by atoms with van der Waals surface area (Å²) in [6, 6.07) is 5.31.